The fourth-order valence-corrected chi connectivity index (χ4v) is 9.62. The molecule has 1 atom stereocenters. The predicted molar refractivity (Wildman–Crippen MR) is 238 cm³/mol. The quantitative estimate of drug-likeness (QED) is 0.164. The van der Waals surface area contributed by atoms with E-state index in [4.69, 9.17) is 9.97 Å². The number of urea groups is 1. The van der Waals surface area contributed by atoms with E-state index in [9.17, 15) is 19.5 Å². The topological polar surface area (TPSA) is 175 Å². The molecule has 4 aliphatic rings. The molecule has 2 aromatic carbocycles. The molecule has 7 heterocycles. The number of rotatable bonds is 10. The lowest BCUT2D eigenvalue weighted by atomic mass is 9.95. The lowest BCUT2D eigenvalue weighted by Crippen LogP contribution is -2.49. The molecule has 63 heavy (non-hydrogen) atoms. The Balaban J connectivity index is 0.748. The second kappa shape index (κ2) is 15.9. The van der Waals surface area contributed by atoms with E-state index in [1.807, 2.05) is 30.3 Å². The number of fused-ring (bicyclic) bond motifs is 3. The highest BCUT2D eigenvalue weighted by molar-refractivity contribution is 6.09. The molecule has 10 rings (SSSR count). The number of benzene rings is 2. The summed E-state index contributed by atoms with van der Waals surface area (Å²) in [6, 6.07) is 14.8. The molecule has 3 fully saturated rings. The molecule has 0 saturated carbocycles. The minimum atomic E-state index is -1.04. The van der Waals surface area contributed by atoms with Crippen LogP contribution in [0.15, 0.2) is 72.2 Å². The molecule has 6 aromatic rings. The first-order chi connectivity index (χ1) is 30.4. The fourth-order valence-electron chi connectivity index (χ4n) is 9.62. The van der Waals surface area contributed by atoms with Crippen molar-refractivity contribution in [3.8, 4) is 5.82 Å². The summed E-state index contributed by atoms with van der Waals surface area (Å²) < 4.78 is 20.6. The van der Waals surface area contributed by atoms with Gasteiger partial charge < -0.3 is 20.2 Å². The van der Waals surface area contributed by atoms with Gasteiger partial charge in [-0.1, -0.05) is 12.1 Å². The number of imide groups is 1. The fraction of sp³-hybridized carbons (Fsp3) is 0.400. The zero-order chi connectivity index (χ0) is 43.6. The number of nitrogens with one attached hydrogen (secondary N) is 2. The van der Waals surface area contributed by atoms with Crippen LogP contribution in [0, 0.1) is 11.7 Å². The third-order valence-corrected chi connectivity index (χ3v) is 13.1. The van der Waals surface area contributed by atoms with E-state index in [-0.39, 0.29) is 36.8 Å². The van der Waals surface area contributed by atoms with Crippen LogP contribution in [0.2, 0.25) is 0 Å². The van der Waals surface area contributed by atoms with E-state index < -0.39 is 11.6 Å². The number of hydrogen-bond acceptors (Lipinski definition) is 12. The Kier molecular flexibility index (Phi) is 10.2. The summed E-state index contributed by atoms with van der Waals surface area (Å²) in [5.41, 5.74) is 3.94. The average molecular weight is 856 g/mol. The summed E-state index contributed by atoms with van der Waals surface area (Å²) in [5.74, 6) is 1.02. The molecule has 0 bridgehead atoms. The van der Waals surface area contributed by atoms with Gasteiger partial charge in [-0.2, -0.15) is 10.1 Å². The van der Waals surface area contributed by atoms with Gasteiger partial charge in [-0.15, -0.1) is 6.58 Å². The highest BCUT2D eigenvalue weighted by Crippen LogP contribution is 2.37. The number of aliphatic hydroxyl groups is 1. The van der Waals surface area contributed by atoms with Crippen molar-refractivity contribution >= 4 is 62.7 Å². The summed E-state index contributed by atoms with van der Waals surface area (Å²) in [5, 5.41) is 22.0. The minimum Gasteiger partial charge on any atom is -0.384 e. The first-order valence-corrected chi connectivity index (χ1v) is 21.6. The Morgan fingerprint density at radius 1 is 0.952 bits per heavy atom. The molecule has 1 unspecified atom stereocenters. The number of pyridine rings is 1. The first kappa shape index (κ1) is 40.4. The smallest absolute Gasteiger partial charge is 0.329 e. The van der Waals surface area contributed by atoms with Crippen molar-refractivity contribution in [3.05, 3.63) is 94.8 Å². The average Bonchev–Trinajstić information content (AvgIpc) is 3.87. The van der Waals surface area contributed by atoms with E-state index in [1.54, 1.807) is 29.4 Å². The third-order valence-electron chi connectivity index (χ3n) is 13.1. The van der Waals surface area contributed by atoms with Gasteiger partial charge in [0.2, 0.25) is 11.9 Å². The van der Waals surface area contributed by atoms with Crippen LogP contribution >= 0.6 is 0 Å². The molecule has 4 aromatic heterocycles. The predicted octanol–water partition coefficient (Wildman–Crippen LogP) is 4.57. The molecular formula is C45H50FN13O4. The van der Waals surface area contributed by atoms with E-state index in [1.165, 1.54) is 21.8 Å². The number of halogens is 1. The van der Waals surface area contributed by atoms with Crippen molar-refractivity contribution < 1.29 is 19.1 Å². The maximum atomic E-state index is 15.7. The summed E-state index contributed by atoms with van der Waals surface area (Å²) in [4.78, 5) is 60.2. The number of piperidine rings is 1. The van der Waals surface area contributed by atoms with Gasteiger partial charge in [0.25, 0.3) is 5.56 Å². The number of piperazine rings is 1. The van der Waals surface area contributed by atoms with Crippen molar-refractivity contribution in [2.75, 3.05) is 72.4 Å². The third kappa shape index (κ3) is 7.45. The van der Waals surface area contributed by atoms with Crippen molar-refractivity contribution in [1.82, 2.24) is 44.3 Å². The number of aromatic nitrogens is 7. The second-order valence-electron chi connectivity index (χ2n) is 17.3. The van der Waals surface area contributed by atoms with Crippen molar-refractivity contribution in [1.29, 1.82) is 0 Å². The van der Waals surface area contributed by atoms with Gasteiger partial charge in [-0.25, -0.2) is 28.5 Å². The maximum absolute atomic E-state index is 15.7. The largest absolute Gasteiger partial charge is 0.384 e. The summed E-state index contributed by atoms with van der Waals surface area (Å²) in [6.07, 6.45) is 6.62. The molecule has 326 valence electrons. The van der Waals surface area contributed by atoms with E-state index >= 15 is 4.39 Å². The number of carbonyl (C=O) groups excluding carboxylic acids is 2. The molecule has 18 heteroatoms. The van der Waals surface area contributed by atoms with Gasteiger partial charge in [0.15, 0.2) is 17.3 Å². The molecule has 3 N–H and O–H groups in total. The van der Waals surface area contributed by atoms with Gasteiger partial charge in [0.05, 0.1) is 23.4 Å². The Bertz CT molecular complexity index is 2830. The lowest BCUT2D eigenvalue weighted by Gasteiger charge is -2.40. The molecule has 1 aliphatic carbocycles. The maximum Gasteiger partial charge on any atom is 0.329 e. The van der Waals surface area contributed by atoms with Crippen LogP contribution in [0.4, 0.5) is 38.0 Å². The van der Waals surface area contributed by atoms with Crippen molar-refractivity contribution in [3.63, 3.8) is 0 Å². The van der Waals surface area contributed by atoms with E-state index in [2.05, 4.69) is 54.1 Å². The molecular weight excluding hydrogens is 806 g/mol. The summed E-state index contributed by atoms with van der Waals surface area (Å²) in [7, 11) is 1.78. The van der Waals surface area contributed by atoms with Crippen LogP contribution in [0.1, 0.15) is 43.9 Å². The molecule has 17 nitrogen and oxygen atoms in total. The van der Waals surface area contributed by atoms with Gasteiger partial charge >= 0.3 is 6.03 Å². The normalized spacial score (nSPS) is 19.9. The van der Waals surface area contributed by atoms with Gasteiger partial charge in [0, 0.05) is 88.8 Å². The lowest BCUT2D eigenvalue weighted by molar-refractivity contribution is -0.120. The van der Waals surface area contributed by atoms with Crippen LogP contribution in [-0.2, 0) is 30.4 Å². The van der Waals surface area contributed by atoms with Gasteiger partial charge in [0.1, 0.15) is 16.8 Å². The Hall–Kier alpha value is -6.66. The number of anilines is 5. The Morgan fingerprint density at radius 2 is 1.73 bits per heavy atom. The van der Waals surface area contributed by atoms with E-state index in [0.717, 1.165) is 87.5 Å². The molecule has 3 saturated heterocycles. The van der Waals surface area contributed by atoms with Gasteiger partial charge in [-0.05, 0) is 86.6 Å². The number of allylic oxidation sites excluding steroid dienone is 1. The van der Waals surface area contributed by atoms with Crippen LogP contribution in [-0.4, -0.2) is 108 Å². The SMILES string of the molecule is C=CCn1c(=O)c2cnc(Nc3ccc(N4CCN(CC5CCN(c6cc7c(cc6F)c(N6CCC(=O)NC6=O)nn7C)CC5)CC4)cc3)nc2n1-c1ccc2c(n1)C(C)(O)CC2. The van der Waals surface area contributed by atoms with Crippen LogP contribution in [0.25, 0.3) is 27.8 Å². The number of carbonyl (C=O) groups is 2. The molecule has 3 amide bonds. The standard InChI is InChI=1S/C45H50FN13O4/c1-4-16-58-42(61)33-26-47-43(51-40(33)59(58)37-10-5-29-11-15-45(2,63)39(29)49-37)48-30-6-8-31(9-7-30)55-22-20-54(21-23-55)27-28-12-17-56(18-13-28)36-25-35-32(24-34(36)46)41(52-53(35)3)57-19-14-38(60)50-44(57)62/h4-10,24-26,28,63H,1,11-23,27H2,2-3H3,(H,47,48,51)(H,50,60,62). The van der Waals surface area contributed by atoms with Crippen molar-refractivity contribution in [2.24, 2.45) is 13.0 Å². The summed E-state index contributed by atoms with van der Waals surface area (Å²) >= 11 is 0. The zero-order valence-corrected chi connectivity index (χ0v) is 35.4. The van der Waals surface area contributed by atoms with Crippen LogP contribution in [0.5, 0.6) is 0 Å². The van der Waals surface area contributed by atoms with E-state index in [0.29, 0.717) is 57.7 Å². The first-order valence-electron chi connectivity index (χ1n) is 21.6. The Labute approximate surface area is 362 Å². The second-order valence-corrected chi connectivity index (χ2v) is 17.3. The minimum absolute atomic E-state index is 0.169. The number of amides is 3. The van der Waals surface area contributed by atoms with Crippen molar-refractivity contribution in [2.45, 2.75) is 51.2 Å². The van der Waals surface area contributed by atoms with Crippen LogP contribution < -0.4 is 30.9 Å². The molecule has 0 spiro atoms. The number of hydrogen-bond donors (Lipinski definition) is 3. The summed E-state index contributed by atoms with van der Waals surface area (Å²) in [6.45, 7) is 12.3. The van der Waals surface area contributed by atoms with Crippen LogP contribution in [0.3, 0.4) is 0 Å². The zero-order valence-electron chi connectivity index (χ0n) is 35.4. The Morgan fingerprint density at radius 3 is 2.48 bits per heavy atom. The van der Waals surface area contributed by atoms with Gasteiger partial charge in [-0.3, -0.25) is 29.4 Å². The monoisotopic (exact) mass is 855 g/mol. The highest BCUT2D eigenvalue weighted by atomic mass is 19.1. The number of nitrogens with zero attached hydrogens (tertiary/aromatic N) is 11. The highest BCUT2D eigenvalue weighted by Gasteiger charge is 2.35. The molecule has 3 aliphatic heterocycles. The molecule has 0 radical (unpaired) electrons. The number of aryl methyl sites for hydroxylation is 2.